The van der Waals surface area contributed by atoms with Crippen molar-refractivity contribution in [3.8, 4) is 0 Å². The molecule has 0 atom stereocenters. The lowest BCUT2D eigenvalue weighted by molar-refractivity contribution is -0.126. The van der Waals surface area contributed by atoms with Crippen molar-refractivity contribution in [3.05, 3.63) is 11.8 Å². The van der Waals surface area contributed by atoms with Crippen LogP contribution in [0.1, 0.15) is 72.4 Å². The van der Waals surface area contributed by atoms with Crippen molar-refractivity contribution in [1.82, 2.24) is 10.2 Å². The molecule has 21 heavy (non-hydrogen) atoms. The zero-order valence-corrected chi connectivity index (χ0v) is 14.0. The lowest BCUT2D eigenvalue weighted by Gasteiger charge is -2.29. The van der Waals surface area contributed by atoms with Gasteiger partial charge in [-0.15, -0.1) is 0 Å². The van der Waals surface area contributed by atoms with Crippen LogP contribution >= 0.6 is 0 Å². The van der Waals surface area contributed by atoms with Crippen LogP contribution in [0.2, 0.25) is 0 Å². The molecule has 1 fully saturated rings. The van der Waals surface area contributed by atoms with Crippen LogP contribution in [0.5, 0.6) is 0 Å². The van der Waals surface area contributed by atoms with Crippen molar-refractivity contribution in [3.63, 3.8) is 0 Å². The average Bonchev–Trinajstić information content (AvgIpc) is 2.97. The van der Waals surface area contributed by atoms with E-state index in [1.165, 1.54) is 0 Å². The van der Waals surface area contributed by atoms with E-state index in [1.807, 2.05) is 6.07 Å². The molecule has 2 rings (SSSR count). The van der Waals surface area contributed by atoms with Gasteiger partial charge < -0.3 is 5.32 Å². The number of carbonyl (C=O) groups excluding carboxylic acids is 1. The van der Waals surface area contributed by atoms with Gasteiger partial charge in [-0.25, -0.2) is 0 Å². The SMILES string of the molecule is CC(C)CC1(C(=O)Nc2cc(C(C)(C)C)[nH]n2)CCCC1. The molecule has 0 aromatic carbocycles. The maximum absolute atomic E-state index is 12.8. The summed E-state index contributed by atoms with van der Waals surface area (Å²) in [5, 5.41) is 10.3. The zero-order valence-electron chi connectivity index (χ0n) is 14.0. The number of anilines is 1. The van der Waals surface area contributed by atoms with Crippen molar-refractivity contribution >= 4 is 11.7 Å². The molecule has 2 N–H and O–H groups in total. The van der Waals surface area contributed by atoms with Gasteiger partial charge in [-0.1, -0.05) is 47.5 Å². The molecule has 1 heterocycles. The highest BCUT2D eigenvalue weighted by molar-refractivity contribution is 5.94. The number of aromatic nitrogens is 2. The molecule has 1 aromatic rings. The standard InChI is InChI=1S/C17H29N3O/c1-12(2)11-17(8-6-7-9-17)15(21)18-14-10-13(19-20-14)16(3,4)5/h10,12H,6-9,11H2,1-5H3,(H2,18,19,20,21). The molecular weight excluding hydrogens is 262 g/mol. The van der Waals surface area contributed by atoms with Gasteiger partial charge in [-0.3, -0.25) is 9.89 Å². The average molecular weight is 291 g/mol. The Kier molecular flexibility index (Phi) is 4.45. The minimum Gasteiger partial charge on any atom is -0.309 e. The van der Waals surface area contributed by atoms with E-state index in [0.717, 1.165) is 37.8 Å². The molecule has 0 aliphatic heterocycles. The molecule has 0 saturated heterocycles. The molecule has 0 bridgehead atoms. The highest BCUT2D eigenvalue weighted by atomic mass is 16.2. The number of carbonyl (C=O) groups is 1. The molecule has 4 heteroatoms. The van der Waals surface area contributed by atoms with E-state index in [2.05, 4.69) is 50.1 Å². The second-order valence-electron chi connectivity index (χ2n) is 7.96. The van der Waals surface area contributed by atoms with Gasteiger partial charge in [0.05, 0.1) is 0 Å². The monoisotopic (exact) mass is 291 g/mol. The number of hydrogen-bond donors (Lipinski definition) is 2. The number of nitrogens with one attached hydrogen (secondary N) is 2. The van der Waals surface area contributed by atoms with Crippen molar-refractivity contribution in [2.24, 2.45) is 11.3 Å². The van der Waals surface area contributed by atoms with E-state index >= 15 is 0 Å². The van der Waals surface area contributed by atoms with E-state index in [4.69, 9.17) is 0 Å². The summed E-state index contributed by atoms with van der Waals surface area (Å²) >= 11 is 0. The first-order valence-corrected chi connectivity index (χ1v) is 8.10. The fourth-order valence-electron chi connectivity index (χ4n) is 3.38. The van der Waals surface area contributed by atoms with E-state index in [9.17, 15) is 4.79 Å². The van der Waals surface area contributed by atoms with Crippen LogP contribution in [-0.4, -0.2) is 16.1 Å². The topological polar surface area (TPSA) is 57.8 Å². The normalized spacial score (nSPS) is 18.2. The first-order valence-electron chi connectivity index (χ1n) is 8.10. The van der Waals surface area contributed by atoms with Gasteiger partial charge in [0, 0.05) is 22.6 Å². The molecule has 0 spiro atoms. The summed E-state index contributed by atoms with van der Waals surface area (Å²) in [6.45, 7) is 10.8. The number of rotatable bonds is 4. The minimum absolute atomic E-state index is 0.0129. The van der Waals surface area contributed by atoms with Crippen LogP contribution in [0.4, 0.5) is 5.82 Å². The van der Waals surface area contributed by atoms with Crippen LogP contribution in [0.3, 0.4) is 0 Å². The third-order valence-corrected chi connectivity index (χ3v) is 4.47. The van der Waals surface area contributed by atoms with Crippen LogP contribution in [0.25, 0.3) is 0 Å². The Bertz CT molecular complexity index is 490. The van der Waals surface area contributed by atoms with Crippen LogP contribution in [0, 0.1) is 11.3 Å². The van der Waals surface area contributed by atoms with E-state index in [1.54, 1.807) is 0 Å². The van der Waals surface area contributed by atoms with Crippen LogP contribution < -0.4 is 5.32 Å². The number of H-pyrrole nitrogens is 1. The third-order valence-electron chi connectivity index (χ3n) is 4.47. The molecule has 1 aliphatic carbocycles. The van der Waals surface area contributed by atoms with Gasteiger partial charge in [0.2, 0.25) is 5.91 Å². The lowest BCUT2D eigenvalue weighted by atomic mass is 9.77. The van der Waals surface area contributed by atoms with E-state index < -0.39 is 0 Å². The summed E-state index contributed by atoms with van der Waals surface area (Å²) in [5.74, 6) is 1.35. The van der Waals surface area contributed by atoms with Crippen LogP contribution in [0.15, 0.2) is 6.07 Å². The maximum Gasteiger partial charge on any atom is 0.231 e. The predicted molar refractivity (Wildman–Crippen MR) is 86.3 cm³/mol. The first-order chi connectivity index (χ1) is 9.73. The Morgan fingerprint density at radius 2 is 2.00 bits per heavy atom. The Morgan fingerprint density at radius 1 is 1.38 bits per heavy atom. The Balaban J connectivity index is 2.10. The summed E-state index contributed by atoms with van der Waals surface area (Å²) in [6, 6.07) is 1.95. The molecule has 118 valence electrons. The number of amides is 1. The van der Waals surface area contributed by atoms with Gasteiger partial charge in [0.15, 0.2) is 5.82 Å². The number of nitrogens with zero attached hydrogens (tertiary/aromatic N) is 1. The molecule has 4 nitrogen and oxygen atoms in total. The molecule has 1 amide bonds. The summed E-state index contributed by atoms with van der Waals surface area (Å²) in [6.07, 6.45) is 5.30. The summed E-state index contributed by atoms with van der Waals surface area (Å²) in [7, 11) is 0. The lowest BCUT2D eigenvalue weighted by Crippen LogP contribution is -2.35. The summed E-state index contributed by atoms with van der Waals surface area (Å²) < 4.78 is 0. The van der Waals surface area contributed by atoms with Crippen molar-refractivity contribution in [2.75, 3.05) is 5.32 Å². The van der Waals surface area contributed by atoms with Gasteiger partial charge in [0.1, 0.15) is 0 Å². The highest BCUT2D eigenvalue weighted by Gasteiger charge is 2.41. The summed E-state index contributed by atoms with van der Waals surface area (Å²) in [4.78, 5) is 12.8. The van der Waals surface area contributed by atoms with E-state index in [0.29, 0.717) is 11.7 Å². The van der Waals surface area contributed by atoms with Crippen molar-refractivity contribution in [1.29, 1.82) is 0 Å². The quantitative estimate of drug-likeness (QED) is 0.871. The van der Waals surface area contributed by atoms with E-state index in [-0.39, 0.29) is 16.7 Å². The summed E-state index contributed by atoms with van der Waals surface area (Å²) in [5.41, 5.74) is 0.871. The molecular formula is C17H29N3O. The van der Waals surface area contributed by atoms with Gasteiger partial charge in [-0.05, 0) is 25.2 Å². The Hall–Kier alpha value is -1.32. The predicted octanol–water partition coefficient (Wildman–Crippen LogP) is 4.25. The molecule has 1 aliphatic rings. The Labute approximate surface area is 128 Å². The molecule has 1 aromatic heterocycles. The maximum atomic E-state index is 12.8. The smallest absolute Gasteiger partial charge is 0.231 e. The van der Waals surface area contributed by atoms with Crippen molar-refractivity contribution < 1.29 is 4.79 Å². The fourth-order valence-corrected chi connectivity index (χ4v) is 3.38. The Morgan fingerprint density at radius 3 is 2.48 bits per heavy atom. The molecule has 0 unspecified atom stereocenters. The number of aromatic amines is 1. The first kappa shape index (κ1) is 16.1. The second kappa shape index (κ2) is 5.82. The molecule has 0 radical (unpaired) electrons. The minimum atomic E-state index is -0.186. The number of hydrogen-bond acceptors (Lipinski definition) is 2. The third kappa shape index (κ3) is 3.66. The van der Waals surface area contributed by atoms with Gasteiger partial charge in [-0.2, -0.15) is 5.10 Å². The van der Waals surface area contributed by atoms with Gasteiger partial charge >= 0.3 is 0 Å². The van der Waals surface area contributed by atoms with Crippen LogP contribution in [-0.2, 0) is 10.2 Å². The largest absolute Gasteiger partial charge is 0.309 e. The fraction of sp³-hybridized carbons (Fsp3) is 0.765. The second-order valence-corrected chi connectivity index (χ2v) is 7.96. The van der Waals surface area contributed by atoms with Gasteiger partial charge in [0.25, 0.3) is 0 Å². The highest BCUT2D eigenvalue weighted by Crippen LogP contribution is 2.44. The molecule has 1 saturated carbocycles. The van der Waals surface area contributed by atoms with Crippen molar-refractivity contribution in [2.45, 2.75) is 72.1 Å². The zero-order chi connectivity index (χ0) is 15.7.